The number of amides is 1. The first-order chi connectivity index (χ1) is 10.9. The Labute approximate surface area is 140 Å². The molecule has 0 saturated heterocycles. The van der Waals surface area contributed by atoms with Gasteiger partial charge in [0.05, 0.1) is 0 Å². The molecule has 23 heavy (non-hydrogen) atoms. The molecule has 8 heteroatoms. The van der Waals surface area contributed by atoms with Gasteiger partial charge in [0.1, 0.15) is 10.3 Å². The van der Waals surface area contributed by atoms with Crippen molar-refractivity contribution >= 4 is 27.3 Å². The molecule has 0 aliphatic heterocycles. The molecule has 0 unspecified atom stereocenters. The Kier molecular flexibility index (Phi) is 5.86. The van der Waals surface area contributed by atoms with E-state index in [-0.39, 0.29) is 16.0 Å². The van der Waals surface area contributed by atoms with Gasteiger partial charge in [-0.3, -0.25) is 9.78 Å². The Morgan fingerprint density at radius 3 is 2.65 bits per heavy atom. The summed E-state index contributed by atoms with van der Waals surface area (Å²) in [5, 5.41) is 4.43. The number of nitrogens with zero attached hydrogens (tertiary/aromatic N) is 1. The van der Waals surface area contributed by atoms with Gasteiger partial charge < -0.3 is 5.32 Å². The number of rotatable bonds is 7. The van der Waals surface area contributed by atoms with E-state index >= 15 is 0 Å². The summed E-state index contributed by atoms with van der Waals surface area (Å²) in [6.45, 7) is 3.90. The average molecular weight is 353 g/mol. The van der Waals surface area contributed by atoms with E-state index in [1.165, 1.54) is 6.07 Å². The van der Waals surface area contributed by atoms with E-state index < -0.39 is 16.1 Å². The smallest absolute Gasteiger partial charge is 0.250 e. The fourth-order valence-electron chi connectivity index (χ4n) is 1.94. The fourth-order valence-corrected chi connectivity index (χ4v) is 4.29. The molecule has 1 amide bonds. The Morgan fingerprint density at radius 2 is 2.09 bits per heavy atom. The fraction of sp³-hybridized carbons (Fsp3) is 0.333. The lowest BCUT2D eigenvalue weighted by Gasteiger charge is -2.21. The van der Waals surface area contributed by atoms with Crippen LogP contribution in [0, 0.1) is 5.92 Å². The lowest BCUT2D eigenvalue weighted by atomic mass is 10.0. The van der Waals surface area contributed by atoms with Crippen LogP contribution < -0.4 is 10.0 Å². The van der Waals surface area contributed by atoms with Gasteiger partial charge in [-0.05, 0) is 29.0 Å². The van der Waals surface area contributed by atoms with Crippen molar-refractivity contribution in [3.8, 4) is 0 Å². The van der Waals surface area contributed by atoms with Crippen LogP contribution >= 0.6 is 11.3 Å². The third-order valence-electron chi connectivity index (χ3n) is 3.18. The van der Waals surface area contributed by atoms with Crippen molar-refractivity contribution in [2.45, 2.75) is 30.6 Å². The third-order valence-corrected chi connectivity index (χ3v) is 6.02. The van der Waals surface area contributed by atoms with Gasteiger partial charge >= 0.3 is 0 Å². The monoisotopic (exact) mass is 353 g/mol. The number of pyridine rings is 1. The molecule has 0 bridgehead atoms. The van der Waals surface area contributed by atoms with E-state index in [9.17, 15) is 13.2 Å². The molecule has 6 nitrogen and oxygen atoms in total. The van der Waals surface area contributed by atoms with Crippen LogP contribution in [-0.2, 0) is 21.4 Å². The van der Waals surface area contributed by atoms with Gasteiger partial charge in [-0.25, -0.2) is 8.42 Å². The summed E-state index contributed by atoms with van der Waals surface area (Å²) in [6.07, 6.45) is 3.30. The number of nitrogens with one attached hydrogen (secondary N) is 2. The topological polar surface area (TPSA) is 88.2 Å². The summed E-state index contributed by atoms with van der Waals surface area (Å²) in [6, 6.07) is 5.96. The van der Waals surface area contributed by atoms with Crippen molar-refractivity contribution in [1.29, 1.82) is 0 Å². The highest BCUT2D eigenvalue weighted by Crippen LogP contribution is 2.17. The van der Waals surface area contributed by atoms with Crippen molar-refractivity contribution in [1.82, 2.24) is 15.0 Å². The molecule has 0 aromatic carbocycles. The number of hydrogen-bond acceptors (Lipinski definition) is 5. The minimum absolute atomic E-state index is 0.182. The largest absolute Gasteiger partial charge is 0.351 e. The number of hydrogen-bond donors (Lipinski definition) is 2. The molecule has 2 aromatic heterocycles. The normalized spacial score (nSPS) is 13.0. The van der Waals surface area contributed by atoms with Crippen LogP contribution in [0.5, 0.6) is 0 Å². The van der Waals surface area contributed by atoms with E-state index in [0.717, 1.165) is 16.9 Å². The van der Waals surface area contributed by atoms with E-state index in [1.54, 1.807) is 43.8 Å². The summed E-state index contributed by atoms with van der Waals surface area (Å²) in [4.78, 5) is 16.3. The van der Waals surface area contributed by atoms with Crippen molar-refractivity contribution in [3.05, 3.63) is 47.6 Å². The minimum atomic E-state index is -3.69. The highest BCUT2D eigenvalue weighted by atomic mass is 32.2. The molecule has 2 aromatic rings. The molecule has 1 atom stereocenters. The van der Waals surface area contributed by atoms with Crippen molar-refractivity contribution in [2.75, 3.05) is 0 Å². The maximum absolute atomic E-state index is 12.4. The Bertz CT molecular complexity index is 729. The van der Waals surface area contributed by atoms with Crippen LogP contribution in [0.2, 0.25) is 0 Å². The molecule has 0 fully saturated rings. The molecule has 0 saturated carbocycles. The zero-order valence-electron chi connectivity index (χ0n) is 12.9. The first-order valence-corrected chi connectivity index (χ1v) is 9.49. The molecule has 0 aliphatic carbocycles. The van der Waals surface area contributed by atoms with Crippen LogP contribution in [0.1, 0.15) is 19.4 Å². The lowest BCUT2D eigenvalue weighted by Crippen LogP contribution is -2.49. The molecule has 2 heterocycles. The van der Waals surface area contributed by atoms with Crippen molar-refractivity contribution in [2.24, 2.45) is 5.92 Å². The molecule has 2 N–H and O–H groups in total. The SMILES string of the molecule is CC(C)[C@H](NS(=O)(=O)c1cccs1)C(=O)NCc1cccnc1. The number of carbonyl (C=O) groups is 1. The zero-order chi connectivity index (χ0) is 16.9. The van der Waals surface area contributed by atoms with Crippen LogP contribution in [0.4, 0.5) is 0 Å². The molecule has 2 rings (SSSR count). The van der Waals surface area contributed by atoms with E-state index in [4.69, 9.17) is 0 Å². The maximum Gasteiger partial charge on any atom is 0.250 e. The second-order valence-electron chi connectivity index (χ2n) is 5.35. The van der Waals surface area contributed by atoms with Gasteiger partial charge in [0.2, 0.25) is 5.91 Å². The van der Waals surface area contributed by atoms with Gasteiger partial charge in [0, 0.05) is 18.9 Å². The standard InChI is InChI=1S/C15H19N3O3S2/c1-11(2)14(18-23(20,21)13-6-4-8-22-13)15(19)17-10-12-5-3-7-16-9-12/h3-9,11,14,18H,10H2,1-2H3,(H,17,19)/t14-/m0/s1. The highest BCUT2D eigenvalue weighted by Gasteiger charge is 2.28. The predicted molar refractivity (Wildman–Crippen MR) is 89.4 cm³/mol. The van der Waals surface area contributed by atoms with Crippen molar-refractivity contribution < 1.29 is 13.2 Å². The van der Waals surface area contributed by atoms with Gasteiger partial charge in [-0.15, -0.1) is 11.3 Å². The Hall–Kier alpha value is -1.77. The van der Waals surface area contributed by atoms with Gasteiger partial charge in [0.15, 0.2) is 0 Å². The average Bonchev–Trinajstić information content (AvgIpc) is 3.06. The first-order valence-electron chi connectivity index (χ1n) is 7.12. The van der Waals surface area contributed by atoms with Crippen LogP contribution in [0.3, 0.4) is 0 Å². The molecule has 0 aliphatic rings. The number of thiophene rings is 1. The molecule has 0 spiro atoms. The van der Waals surface area contributed by atoms with E-state index in [2.05, 4.69) is 15.0 Å². The van der Waals surface area contributed by atoms with Gasteiger partial charge in [0.25, 0.3) is 10.0 Å². The molecule has 124 valence electrons. The molecular formula is C15H19N3O3S2. The summed E-state index contributed by atoms with van der Waals surface area (Å²) in [5.41, 5.74) is 0.851. The van der Waals surface area contributed by atoms with E-state index in [1.807, 2.05) is 6.07 Å². The summed E-state index contributed by atoms with van der Waals surface area (Å²) < 4.78 is 27.3. The van der Waals surface area contributed by atoms with Crippen molar-refractivity contribution in [3.63, 3.8) is 0 Å². The van der Waals surface area contributed by atoms with Crippen LogP contribution in [0.15, 0.2) is 46.2 Å². The summed E-state index contributed by atoms with van der Waals surface area (Å²) in [5.74, 6) is -0.539. The second kappa shape index (κ2) is 7.67. The maximum atomic E-state index is 12.4. The number of carbonyl (C=O) groups excluding carboxylic acids is 1. The summed E-state index contributed by atoms with van der Waals surface area (Å²) in [7, 11) is -3.69. The quantitative estimate of drug-likeness (QED) is 0.794. The Balaban J connectivity index is 2.05. The predicted octanol–water partition coefficient (Wildman–Crippen LogP) is 1.76. The van der Waals surface area contributed by atoms with Gasteiger partial charge in [-0.2, -0.15) is 4.72 Å². The summed E-state index contributed by atoms with van der Waals surface area (Å²) >= 11 is 1.12. The van der Waals surface area contributed by atoms with E-state index in [0.29, 0.717) is 6.54 Å². The third kappa shape index (κ3) is 4.85. The highest BCUT2D eigenvalue weighted by molar-refractivity contribution is 7.91. The van der Waals surface area contributed by atoms with Gasteiger partial charge in [-0.1, -0.05) is 26.0 Å². The first kappa shape index (κ1) is 17.6. The number of aromatic nitrogens is 1. The molecule has 0 radical (unpaired) electrons. The number of sulfonamides is 1. The van der Waals surface area contributed by atoms with Crippen LogP contribution in [-0.4, -0.2) is 25.4 Å². The Morgan fingerprint density at radius 1 is 1.30 bits per heavy atom. The molecular weight excluding hydrogens is 334 g/mol. The second-order valence-corrected chi connectivity index (χ2v) is 8.24. The lowest BCUT2D eigenvalue weighted by molar-refractivity contribution is -0.123. The van der Waals surface area contributed by atoms with Crippen LogP contribution in [0.25, 0.3) is 0 Å². The zero-order valence-corrected chi connectivity index (χ0v) is 14.5. The minimum Gasteiger partial charge on any atom is -0.351 e.